The molecule has 0 aliphatic heterocycles. The van der Waals surface area contributed by atoms with Gasteiger partial charge in [0.2, 0.25) is 5.88 Å². The van der Waals surface area contributed by atoms with Crippen molar-refractivity contribution in [3.63, 3.8) is 0 Å². The van der Waals surface area contributed by atoms with E-state index in [1.807, 2.05) is 33.8 Å². The van der Waals surface area contributed by atoms with Crippen LogP contribution >= 0.6 is 0 Å². The zero-order chi connectivity index (χ0) is 19.7. The van der Waals surface area contributed by atoms with Crippen LogP contribution in [0.25, 0.3) is 11.0 Å². The van der Waals surface area contributed by atoms with Crippen LogP contribution in [0, 0.1) is 13.8 Å². The molecule has 0 saturated carbocycles. The molecule has 3 aromatic heterocycles. The monoisotopic (exact) mass is 369 g/mol. The molecule has 3 heterocycles. The summed E-state index contributed by atoms with van der Waals surface area (Å²) in [6.07, 6.45) is 1.63. The number of nitrogens with one attached hydrogen (secondary N) is 2. The van der Waals surface area contributed by atoms with Gasteiger partial charge < -0.3 is 15.0 Å². The van der Waals surface area contributed by atoms with Gasteiger partial charge >= 0.3 is 0 Å². The number of fused-ring (bicyclic) bond motifs is 1. The highest BCUT2D eigenvalue weighted by atomic mass is 16.5. The molecule has 3 aromatic rings. The van der Waals surface area contributed by atoms with E-state index >= 15 is 0 Å². The molecule has 0 radical (unpaired) electrons. The molecule has 2 N–H and O–H groups in total. The summed E-state index contributed by atoms with van der Waals surface area (Å²) < 4.78 is 6.98. The molecule has 0 aromatic carbocycles. The number of hydrogen-bond donors (Lipinski definition) is 2. The van der Waals surface area contributed by atoms with E-state index in [1.54, 1.807) is 16.9 Å². The highest BCUT2D eigenvalue weighted by Crippen LogP contribution is 2.24. The first kappa shape index (κ1) is 18.6. The van der Waals surface area contributed by atoms with Gasteiger partial charge in [-0.25, -0.2) is 4.68 Å². The lowest BCUT2D eigenvalue weighted by Crippen LogP contribution is -2.28. The summed E-state index contributed by atoms with van der Waals surface area (Å²) in [5, 5.41) is 7.79. The number of pyridine rings is 2. The Bertz CT molecular complexity index is 1070. The average Bonchev–Trinajstić information content (AvgIpc) is 3.03. The number of rotatable bonds is 5. The van der Waals surface area contributed by atoms with E-state index in [9.17, 15) is 9.59 Å². The van der Waals surface area contributed by atoms with Gasteiger partial charge in [0, 0.05) is 29.9 Å². The fourth-order valence-corrected chi connectivity index (χ4v) is 3.03. The third-order valence-corrected chi connectivity index (χ3v) is 4.41. The van der Waals surface area contributed by atoms with Gasteiger partial charge in [-0.05, 0) is 39.3 Å². The first-order valence-corrected chi connectivity index (χ1v) is 8.71. The number of aromatic nitrogens is 4. The highest BCUT2D eigenvalue weighted by Gasteiger charge is 2.18. The third-order valence-electron chi connectivity index (χ3n) is 4.41. The largest absolute Gasteiger partial charge is 0.481 e. The van der Waals surface area contributed by atoms with Crippen molar-refractivity contribution in [1.29, 1.82) is 0 Å². The predicted molar refractivity (Wildman–Crippen MR) is 102 cm³/mol. The summed E-state index contributed by atoms with van der Waals surface area (Å²) in [4.78, 5) is 32.1. The maximum absolute atomic E-state index is 12.8. The molecule has 0 saturated heterocycles. The van der Waals surface area contributed by atoms with Gasteiger partial charge in [-0.3, -0.25) is 9.59 Å². The lowest BCUT2D eigenvalue weighted by atomic mass is 10.1. The Balaban J connectivity index is 1.95. The van der Waals surface area contributed by atoms with Gasteiger partial charge in [0.15, 0.2) is 5.65 Å². The molecule has 3 rings (SSSR count). The maximum Gasteiger partial charge on any atom is 0.253 e. The van der Waals surface area contributed by atoms with Gasteiger partial charge in [0.1, 0.15) is 0 Å². The molecule has 8 nitrogen and oxygen atoms in total. The zero-order valence-electron chi connectivity index (χ0n) is 16.1. The number of ether oxygens (including phenoxy) is 1. The van der Waals surface area contributed by atoms with Gasteiger partial charge in [-0.1, -0.05) is 0 Å². The van der Waals surface area contributed by atoms with Gasteiger partial charge in [-0.15, -0.1) is 0 Å². The van der Waals surface area contributed by atoms with E-state index in [1.165, 1.54) is 7.11 Å². The van der Waals surface area contributed by atoms with Crippen LogP contribution in [0.5, 0.6) is 5.88 Å². The molecule has 142 valence electrons. The van der Waals surface area contributed by atoms with E-state index in [0.717, 1.165) is 11.3 Å². The Morgan fingerprint density at radius 2 is 2.07 bits per heavy atom. The number of hydrogen-bond acceptors (Lipinski definition) is 5. The van der Waals surface area contributed by atoms with Crippen LogP contribution in [-0.4, -0.2) is 32.8 Å². The number of aromatic amines is 1. The second-order valence-corrected chi connectivity index (χ2v) is 6.76. The quantitative estimate of drug-likeness (QED) is 0.718. The van der Waals surface area contributed by atoms with Crippen LogP contribution in [0.1, 0.15) is 47.1 Å². The van der Waals surface area contributed by atoms with Crippen LogP contribution in [0.15, 0.2) is 23.1 Å². The summed E-state index contributed by atoms with van der Waals surface area (Å²) in [6.45, 7) is 7.78. The van der Waals surface area contributed by atoms with Gasteiger partial charge in [0.25, 0.3) is 11.5 Å². The fourth-order valence-electron chi connectivity index (χ4n) is 3.03. The Labute approximate surface area is 156 Å². The van der Waals surface area contributed by atoms with E-state index in [0.29, 0.717) is 28.0 Å². The summed E-state index contributed by atoms with van der Waals surface area (Å²) in [5.41, 5.74) is 2.95. The Morgan fingerprint density at radius 3 is 2.70 bits per heavy atom. The van der Waals surface area contributed by atoms with Gasteiger partial charge in [-0.2, -0.15) is 10.1 Å². The Hall–Kier alpha value is -3.16. The SMILES string of the molecule is COc1cc(C(=O)NCc2c(C)cc(C)[nH]c2=O)c2cnn(C(C)C)c2n1. The maximum atomic E-state index is 12.8. The minimum absolute atomic E-state index is 0.0896. The molecule has 8 heteroatoms. The normalized spacial score (nSPS) is 11.2. The highest BCUT2D eigenvalue weighted by molar-refractivity contribution is 6.05. The number of methoxy groups -OCH3 is 1. The third kappa shape index (κ3) is 3.55. The first-order valence-electron chi connectivity index (χ1n) is 8.71. The molecule has 0 spiro atoms. The summed E-state index contributed by atoms with van der Waals surface area (Å²) in [5.74, 6) is 0.0165. The van der Waals surface area contributed by atoms with E-state index in [-0.39, 0.29) is 24.1 Å². The summed E-state index contributed by atoms with van der Waals surface area (Å²) in [7, 11) is 1.50. The number of aryl methyl sites for hydroxylation is 2. The minimum Gasteiger partial charge on any atom is -0.481 e. The Morgan fingerprint density at radius 1 is 1.33 bits per heavy atom. The smallest absolute Gasteiger partial charge is 0.253 e. The number of carbonyl (C=O) groups is 1. The number of amides is 1. The number of carbonyl (C=O) groups excluding carboxylic acids is 1. The van der Waals surface area contributed by atoms with Crippen molar-refractivity contribution < 1.29 is 9.53 Å². The van der Waals surface area contributed by atoms with Crippen molar-refractivity contribution in [1.82, 2.24) is 25.1 Å². The summed E-state index contributed by atoms with van der Waals surface area (Å²) >= 11 is 0. The minimum atomic E-state index is -0.316. The van der Waals surface area contributed by atoms with Crippen molar-refractivity contribution in [3.8, 4) is 5.88 Å². The number of H-pyrrole nitrogens is 1. The topological polar surface area (TPSA) is 102 Å². The van der Waals surface area contributed by atoms with Crippen molar-refractivity contribution in [2.45, 2.75) is 40.3 Å². The second-order valence-electron chi connectivity index (χ2n) is 6.76. The van der Waals surface area contributed by atoms with Crippen molar-refractivity contribution in [3.05, 3.63) is 51.1 Å². The average molecular weight is 369 g/mol. The molecule has 0 aliphatic rings. The molecular weight excluding hydrogens is 346 g/mol. The molecule has 0 fully saturated rings. The van der Waals surface area contributed by atoms with Gasteiger partial charge in [0.05, 0.1) is 24.3 Å². The molecule has 1 amide bonds. The van der Waals surface area contributed by atoms with E-state index < -0.39 is 0 Å². The van der Waals surface area contributed by atoms with Crippen molar-refractivity contribution in [2.75, 3.05) is 7.11 Å². The van der Waals surface area contributed by atoms with Crippen LogP contribution in [0.4, 0.5) is 0 Å². The molecule has 0 bridgehead atoms. The van der Waals surface area contributed by atoms with Crippen molar-refractivity contribution in [2.24, 2.45) is 0 Å². The van der Waals surface area contributed by atoms with E-state index in [2.05, 4.69) is 20.4 Å². The number of nitrogens with zero attached hydrogens (tertiary/aromatic N) is 3. The van der Waals surface area contributed by atoms with E-state index in [4.69, 9.17) is 4.74 Å². The molecule has 0 unspecified atom stereocenters. The van der Waals surface area contributed by atoms with Crippen LogP contribution in [0.2, 0.25) is 0 Å². The standard InChI is InChI=1S/C19H23N5O3/c1-10(2)24-17-15(9-21-24)13(7-16(23-17)27-5)18(25)20-8-14-11(3)6-12(4)22-19(14)26/h6-7,9-10H,8H2,1-5H3,(H,20,25)(H,22,26). The molecule has 27 heavy (non-hydrogen) atoms. The Kier molecular flexibility index (Phi) is 4.98. The second kappa shape index (κ2) is 7.22. The summed E-state index contributed by atoms with van der Waals surface area (Å²) in [6, 6.07) is 3.55. The lowest BCUT2D eigenvalue weighted by Gasteiger charge is -2.11. The van der Waals surface area contributed by atoms with Crippen LogP contribution < -0.4 is 15.6 Å². The van der Waals surface area contributed by atoms with Crippen molar-refractivity contribution >= 4 is 16.9 Å². The fraction of sp³-hybridized carbons (Fsp3) is 0.368. The van der Waals surface area contributed by atoms with Crippen LogP contribution in [-0.2, 0) is 6.54 Å². The lowest BCUT2D eigenvalue weighted by molar-refractivity contribution is 0.0952. The van der Waals surface area contributed by atoms with Crippen LogP contribution in [0.3, 0.4) is 0 Å². The predicted octanol–water partition coefficient (Wildman–Crippen LogP) is 2.26. The molecule has 0 atom stereocenters. The molecular formula is C19H23N5O3. The zero-order valence-corrected chi connectivity index (χ0v) is 16.1. The first-order chi connectivity index (χ1) is 12.8. The molecule has 0 aliphatic carbocycles.